The normalized spacial score (nSPS) is 17.3. The van der Waals surface area contributed by atoms with Gasteiger partial charge >= 0.3 is 0 Å². The molecule has 1 aromatic heterocycles. The maximum Gasteiger partial charge on any atom is 0.296 e. The van der Waals surface area contributed by atoms with Gasteiger partial charge in [-0.25, -0.2) is 0 Å². The summed E-state index contributed by atoms with van der Waals surface area (Å²) in [6, 6.07) is 16.6. The number of methoxy groups -OCH3 is 1. The highest BCUT2D eigenvalue weighted by atomic mass is 16.5. The molecule has 1 amide bonds. The van der Waals surface area contributed by atoms with E-state index in [0.717, 1.165) is 6.42 Å². The molecule has 1 aliphatic heterocycles. The Bertz CT molecular complexity index is 1210. The average molecular weight is 476 g/mol. The SMILES string of the molecule is COc1ccc(C(O)=C2C(=O)C(=O)N(Cc3ccco3)C2c2cccc(OCCC(C)C)c2)cc1. The lowest BCUT2D eigenvalue weighted by Crippen LogP contribution is -2.29. The number of nitrogens with zero attached hydrogens (tertiary/aromatic N) is 1. The molecule has 4 rings (SSSR count). The molecule has 3 aromatic rings. The van der Waals surface area contributed by atoms with E-state index >= 15 is 0 Å². The first-order valence-electron chi connectivity index (χ1n) is 11.6. The van der Waals surface area contributed by atoms with Gasteiger partial charge in [0.05, 0.1) is 38.1 Å². The fourth-order valence-electron chi connectivity index (χ4n) is 4.05. The number of Topliss-reactive ketones (excluding diaryl/α,β-unsaturated/α-hetero) is 1. The second-order valence-electron chi connectivity index (χ2n) is 8.84. The molecule has 0 saturated carbocycles. The molecule has 35 heavy (non-hydrogen) atoms. The number of rotatable bonds is 9. The van der Waals surface area contributed by atoms with E-state index in [4.69, 9.17) is 13.9 Å². The van der Waals surface area contributed by atoms with Gasteiger partial charge in [0.25, 0.3) is 11.7 Å². The van der Waals surface area contributed by atoms with E-state index in [0.29, 0.717) is 40.9 Å². The van der Waals surface area contributed by atoms with Crippen LogP contribution in [0.1, 0.15) is 43.2 Å². The van der Waals surface area contributed by atoms with Gasteiger partial charge in [0.2, 0.25) is 0 Å². The predicted octanol–water partition coefficient (Wildman–Crippen LogP) is 5.34. The minimum atomic E-state index is -0.809. The van der Waals surface area contributed by atoms with Gasteiger partial charge in [-0.05, 0) is 66.4 Å². The number of carbonyl (C=O) groups is 2. The molecule has 1 atom stereocenters. The van der Waals surface area contributed by atoms with Gasteiger partial charge in [0, 0.05) is 5.56 Å². The summed E-state index contributed by atoms with van der Waals surface area (Å²) in [6.07, 6.45) is 2.42. The van der Waals surface area contributed by atoms with Gasteiger partial charge in [-0.15, -0.1) is 0 Å². The van der Waals surface area contributed by atoms with E-state index in [-0.39, 0.29) is 17.9 Å². The zero-order valence-electron chi connectivity index (χ0n) is 20.1. The summed E-state index contributed by atoms with van der Waals surface area (Å²) in [5.41, 5.74) is 1.09. The Morgan fingerprint density at radius 3 is 2.49 bits per heavy atom. The number of aliphatic hydroxyl groups excluding tert-OH is 1. The van der Waals surface area contributed by atoms with Gasteiger partial charge in [0.15, 0.2) is 0 Å². The standard InChI is InChI=1S/C28H29NO6/c1-18(2)13-15-35-22-7-4-6-20(16-22)25-24(26(30)19-9-11-21(33-3)12-10-19)27(31)28(32)29(25)17-23-8-5-14-34-23/h4-12,14,16,18,25,30H,13,15,17H2,1-3H3. The summed E-state index contributed by atoms with van der Waals surface area (Å²) in [4.78, 5) is 27.8. The number of carbonyl (C=O) groups excluding carboxylic acids is 2. The van der Waals surface area contributed by atoms with Gasteiger partial charge in [0.1, 0.15) is 23.0 Å². The zero-order chi connectivity index (χ0) is 24.9. The van der Waals surface area contributed by atoms with Crippen molar-refractivity contribution >= 4 is 17.4 Å². The van der Waals surface area contributed by atoms with E-state index in [2.05, 4.69) is 13.8 Å². The molecule has 182 valence electrons. The van der Waals surface area contributed by atoms with Crippen LogP contribution in [0, 0.1) is 5.92 Å². The highest BCUT2D eigenvalue weighted by molar-refractivity contribution is 6.46. The summed E-state index contributed by atoms with van der Waals surface area (Å²) in [7, 11) is 1.55. The number of benzene rings is 2. The molecule has 1 unspecified atom stereocenters. The van der Waals surface area contributed by atoms with Crippen molar-refractivity contribution in [1.29, 1.82) is 0 Å². The zero-order valence-corrected chi connectivity index (χ0v) is 20.1. The van der Waals surface area contributed by atoms with Crippen LogP contribution < -0.4 is 9.47 Å². The highest BCUT2D eigenvalue weighted by Gasteiger charge is 2.46. The first kappa shape index (κ1) is 24.1. The lowest BCUT2D eigenvalue weighted by atomic mass is 9.95. The van der Waals surface area contributed by atoms with E-state index in [1.54, 1.807) is 43.5 Å². The molecule has 0 radical (unpaired) electrons. The highest BCUT2D eigenvalue weighted by Crippen LogP contribution is 2.41. The second kappa shape index (κ2) is 10.5. The van der Waals surface area contributed by atoms with Gasteiger partial charge in [-0.1, -0.05) is 26.0 Å². The third kappa shape index (κ3) is 5.24. The number of aliphatic hydroxyl groups is 1. The van der Waals surface area contributed by atoms with Crippen molar-refractivity contribution in [2.24, 2.45) is 5.92 Å². The number of hydrogen-bond acceptors (Lipinski definition) is 6. The Morgan fingerprint density at radius 1 is 1.06 bits per heavy atom. The number of furan rings is 1. The van der Waals surface area contributed by atoms with Gasteiger partial charge in [-0.2, -0.15) is 0 Å². The summed E-state index contributed by atoms with van der Waals surface area (Å²) in [5, 5.41) is 11.2. The Hall–Kier alpha value is -4.00. The molecule has 0 bridgehead atoms. The van der Waals surface area contributed by atoms with E-state index < -0.39 is 17.7 Å². The molecule has 1 N–H and O–H groups in total. The smallest absolute Gasteiger partial charge is 0.296 e. The van der Waals surface area contributed by atoms with E-state index in [9.17, 15) is 14.7 Å². The summed E-state index contributed by atoms with van der Waals surface area (Å²) >= 11 is 0. The minimum Gasteiger partial charge on any atom is -0.507 e. The second-order valence-corrected chi connectivity index (χ2v) is 8.84. The Morgan fingerprint density at radius 2 is 1.83 bits per heavy atom. The Kier molecular flexibility index (Phi) is 7.25. The predicted molar refractivity (Wildman–Crippen MR) is 131 cm³/mol. The van der Waals surface area contributed by atoms with E-state index in [1.165, 1.54) is 11.2 Å². The van der Waals surface area contributed by atoms with Crippen LogP contribution in [0.15, 0.2) is 76.9 Å². The molecule has 7 nitrogen and oxygen atoms in total. The number of ether oxygens (including phenoxy) is 2. The van der Waals surface area contributed by atoms with Crippen molar-refractivity contribution in [3.8, 4) is 11.5 Å². The maximum absolute atomic E-state index is 13.2. The molecular weight excluding hydrogens is 446 g/mol. The number of hydrogen-bond donors (Lipinski definition) is 1. The first-order chi connectivity index (χ1) is 16.9. The van der Waals surface area contributed by atoms with Crippen molar-refractivity contribution < 1.29 is 28.6 Å². The number of likely N-dealkylation sites (tertiary alicyclic amines) is 1. The quantitative estimate of drug-likeness (QED) is 0.255. The Balaban J connectivity index is 1.77. The minimum absolute atomic E-state index is 0.0195. The molecule has 1 saturated heterocycles. The molecule has 0 spiro atoms. The monoisotopic (exact) mass is 475 g/mol. The van der Waals surface area contributed by atoms with Crippen LogP contribution in [0.4, 0.5) is 0 Å². The average Bonchev–Trinajstić information content (AvgIpc) is 3.46. The van der Waals surface area contributed by atoms with Crippen LogP contribution in [-0.4, -0.2) is 35.4 Å². The molecule has 2 heterocycles. The number of ketones is 1. The Labute approximate surface area is 204 Å². The first-order valence-corrected chi connectivity index (χ1v) is 11.6. The largest absolute Gasteiger partial charge is 0.507 e. The molecule has 2 aromatic carbocycles. The van der Waals surface area contributed by atoms with Crippen LogP contribution in [0.5, 0.6) is 11.5 Å². The fraction of sp³-hybridized carbons (Fsp3) is 0.286. The molecule has 0 aliphatic carbocycles. The van der Waals surface area contributed by atoms with Crippen LogP contribution in [0.25, 0.3) is 5.76 Å². The molecule has 1 aliphatic rings. The van der Waals surface area contributed by atoms with Crippen LogP contribution in [0.3, 0.4) is 0 Å². The van der Waals surface area contributed by atoms with Crippen LogP contribution in [0.2, 0.25) is 0 Å². The van der Waals surface area contributed by atoms with Crippen LogP contribution in [-0.2, 0) is 16.1 Å². The van der Waals surface area contributed by atoms with Crippen molar-refractivity contribution in [3.05, 3.63) is 89.4 Å². The van der Waals surface area contributed by atoms with Gasteiger partial charge in [-0.3, -0.25) is 9.59 Å². The van der Waals surface area contributed by atoms with Crippen molar-refractivity contribution in [2.45, 2.75) is 32.9 Å². The fourth-order valence-corrected chi connectivity index (χ4v) is 4.05. The molecular formula is C28H29NO6. The van der Waals surface area contributed by atoms with Crippen molar-refractivity contribution in [3.63, 3.8) is 0 Å². The molecule has 1 fully saturated rings. The van der Waals surface area contributed by atoms with Crippen LogP contribution >= 0.6 is 0 Å². The third-order valence-corrected chi connectivity index (χ3v) is 5.95. The lowest BCUT2D eigenvalue weighted by Gasteiger charge is -2.25. The van der Waals surface area contributed by atoms with Gasteiger partial charge < -0.3 is 23.9 Å². The third-order valence-electron chi connectivity index (χ3n) is 5.95. The molecule has 7 heteroatoms. The maximum atomic E-state index is 13.2. The van der Waals surface area contributed by atoms with Crippen molar-refractivity contribution in [2.75, 3.05) is 13.7 Å². The summed E-state index contributed by atoms with van der Waals surface area (Å²) < 4.78 is 16.6. The number of amides is 1. The summed E-state index contributed by atoms with van der Waals surface area (Å²) in [6.45, 7) is 4.89. The van der Waals surface area contributed by atoms with E-state index in [1.807, 2.05) is 24.3 Å². The lowest BCUT2D eigenvalue weighted by molar-refractivity contribution is -0.140. The van der Waals surface area contributed by atoms with Crippen molar-refractivity contribution in [1.82, 2.24) is 4.90 Å². The summed E-state index contributed by atoms with van der Waals surface area (Å²) in [5.74, 6) is 0.588. The topological polar surface area (TPSA) is 89.2 Å².